The van der Waals surface area contributed by atoms with E-state index in [9.17, 15) is 24.9 Å². The first-order valence-electron chi connectivity index (χ1n) is 14.9. The highest BCUT2D eigenvalue weighted by atomic mass is 16.6. The maximum Gasteiger partial charge on any atom is 0.347 e. The van der Waals surface area contributed by atoms with E-state index in [-0.39, 0.29) is 82.7 Å². The molecule has 4 rings (SSSR count). The lowest BCUT2D eigenvalue weighted by molar-refractivity contribution is -0.150. The molecule has 0 radical (unpaired) electrons. The van der Waals surface area contributed by atoms with Crippen LogP contribution in [0.15, 0.2) is 92.6 Å². The van der Waals surface area contributed by atoms with Crippen LogP contribution in [0.5, 0.6) is 34.5 Å². The van der Waals surface area contributed by atoms with Gasteiger partial charge in [-0.1, -0.05) is 38.0 Å². The number of benzene rings is 3. The van der Waals surface area contributed by atoms with Crippen LogP contribution in [0.25, 0.3) is 34.2 Å². The Bertz CT molecular complexity index is 1760. The second kappa shape index (κ2) is 16.5. The third-order valence-corrected chi connectivity index (χ3v) is 6.61. The minimum Gasteiger partial charge on any atom is -0.507 e. The lowest BCUT2D eigenvalue weighted by atomic mass is 10.1. The second-order valence-corrected chi connectivity index (χ2v) is 10.3. The molecular weight excluding hydrogens is 634 g/mol. The fraction of sp³-hybridized carbons (Fsp3) is 0.194. The van der Waals surface area contributed by atoms with E-state index in [1.54, 1.807) is 18.2 Å². The Morgan fingerprint density at radius 2 is 0.959 bits per heavy atom. The molecule has 0 aliphatic carbocycles. The van der Waals surface area contributed by atoms with Crippen LogP contribution in [0.3, 0.4) is 0 Å². The van der Waals surface area contributed by atoms with Gasteiger partial charge in [-0.2, -0.15) is 0 Å². The third kappa shape index (κ3) is 9.13. The highest BCUT2D eigenvalue weighted by Crippen LogP contribution is 2.38. The van der Waals surface area contributed by atoms with Crippen molar-refractivity contribution in [3.63, 3.8) is 0 Å². The Balaban J connectivity index is 1.74. The molecule has 4 aromatic rings. The molecule has 0 amide bonds. The third-order valence-electron chi connectivity index (χ3n) is 6.61. The van der Waals surface area contributed by atoms with Gasteiger partial charge in [-0.3, -0.25) is 0 Å². The average Bonchev–Trinajstić information content (AvgIpc) is 3.08. The van der Waals surface area contributed by atoms with Crippen molar-refractivity contribution < 1.29 is 48.6 Å². The van der Waals surface area contributed by atoms with E-state index >= 15 is 0 Å². The van der Waals surface area contributed by atoms with E-state index in [0.29, 0.717) is 5.75 Å². The first-order chi connectivity index (χ1) is 23.5. The standard InChI is InChI=1S/C36H35N3O10/c1-6-15-45-23-9-12-26(29(40)18-23)32-37-33(27-13-10-24(19-30(27)41)48-21(4)35(43)46-16-7-2)39-34(38-32)28-14-11-25(20-31(28)42)49-22(5)36(44)47-17-8-3/h6-14,18-22,40-42H,1-3,15-17H2,4-5H3. The lowest BCUT2D eigenvalue weighted by Crippen LogP contribution is -2.26. The van der Waals surface area contributed by atoms with E-state index in [1.807, 2.05) is 0 Å². The number of carbonyl (C=O) groups is 2. The summed E-state index contributed by atoms with van der Waals surface area (Å²) in [6.07, 6.45) is 2.47. The summed E-state index contributed by atoms with van der Waals surface area (Å²) in [5.74, 6) is -1.36. The SMILES string of the molecule is C=CCOC(=O)C(C)Oc1ccc(-c2nc(-c3ccc(OCC=C)cc3O)nc(-c3ccc(OC(C)C(=O)OCC=C)cc3O)n2)c(O)c1. The van der Waals surface area contributed by atoms with Gasteiger partial charge in [0.05, 0.1) is 16.7 Å². The molecule has 13 heteroatoms. The number of aromatic nitrogens is 3. The zero-order valence-corrected chi connectivity index (χ0v) is 26.9. The Morgan fingerprint density at radius 3 is 1.31 bits per heavy atom. The van der Waals surface area contributed by atoms with E-state index < -0.39 is 24.1 Å². The van der Waals surface area contributed by atoms with Crippen molar-refractivity contribution in [2.45, 2.75) is 26.1 Å². The highest BCUT2D eigenvalue weighted by Gasteiger charge is 2.22. The van der Waals surface area contributed by atoms with Crippen LogP contribution in [-0.2, 0) is 19.1 Å². The monoisotopic (exact) mass is 669 g/mol. The molecule has 2 unspecified atom stereocenters. The number of ether oxygens (including phenoxy) is 5. The molecule has 13 nitrogen and oxygen atoms in total. The van der Waals surface area contributed by atoms with Crippen molar-refractivity contribution in [1.29, 1.82) is 0 Å². The molecule has 0 fully saturated rings. The van der Waals surface area contributed by atoms with Crippen molar-refractivity contribution in [2.75, 3.05) is 19.8 Å². The summed E-state index contributed by atoms with van der Waals surface area (Å²) < 4.78 is 26.7. The Kier molecular flexibility index (Phi) is 11.9. The van der Waals surface area contributed by atoms with Crippen molar-refractivity contribution in [3.8, 4) is 68.7 Å². The van der Waals surface area contributed by atoms with Crippen molar-refractivity contribution >= 4 is 11.9 Å². The quantitative estimate of drug-likeness (QED) is 0.1000. The number of esters is 2. The lowest BCUT2D eigenvalue weighted by Gasteiger charge is -2.15. The number of carbonyl (C=O) groups excluding carboxylic acids is 2. The molecule has 0 saturated carbocycles. The minimum absolute atomic E-state index is 0.00407. The molecule has 0 aliphatic heterocycles. The zero-order chi connectivity index (χ0) is 35.5. The van der Waals surface area contributed by atoms with Crippen LogP contribution in [0, 0.1) is 0 Å². The predicted octanol–water partition coefficient (Wildman–Crippen LogP) is 5.55. The number of phenols is 3. The molecule has 0 aliphatic rings. The molecule has 0 spiro atoms. The fourth-order valence-corrected chi connectivity index (χ4v) is 4.25. The van der Waals surface area contributed by atoms with Crippen LogP contribution >= 0.6 is 0 Å². The van der Waals surface area contributed by atoms with Gasteiger partial charge in [-0.05, 0) is 50.2 Å². The van der Waals surface area contributed by atoms with Gasteiger partial charge in [0.1, 0.15) is 54.3 Å². The van der Waals surface area contributed by atoms with Crippen molar-refractivity contribution in [2.24, 2.45) is 0 Å². The summed E-state index contributed by atoms with van der Waals surface area (Å²) in [4.78, 5) is 37.8. The Hall–Kier alpha value is -6.37. The Morgan fingerprint density at radius 1 is 0.612 bits per heavy atom. The predicted molar refractivity (Wildman–Crippen MR) is 179 cm³/mol. The minimum atomic E-state index is -0.974. The normalized spacial score (nSPS) is 11.8. The van der Waals surface area contributed by atoms with Gasteiger partial charge >= 0.3 is 11.9 Å². The number of nitrogens with zero attached hydrogens (tertiary/aromatic N) is 3. The van der Waals surface area contributed by atoms with Gasteiger partial charge in [-0.15, -0.1) is 0 Å². The van der Waals surface area contributed by atoms with Gasteiger partial charge in [-0.25, -0.2) is 24.5 Å². The molecule has 2 atom stereocenters. The summed E-state index contributed by atoms with van der Waals surface area (Å²) in [6.45, 7) is 13.9. The first kappa shape index (κ1) is 35.5. The van der Waals surface area contributed by atoms with E-state index in [4.69, 9.17) is 23.7 Å². The average molecular weight is 670 g/mol. The topological polar surface area (TPSA) is 180 Å². The summed E-state index contributed by atoms with van der Waals surface area (Å²) in [5.41, 5.74) is 0.500. The summed E-state index contributed by atoms with van der Waals surface area (Å²) in [6, 6.07) is 13.1. The van der Waals surface area contributed by atoms with E-state index in [1.165, 1.54) is 68.5 Å². The van der Waals surface area contributed by atoms with Crippen molar-refractivity contribution in [1.82, 2.24) is 15.0 Å². The number of aromatic hydroxyl groups is 3. The summed E-state index contributed by atoms with van der Waals surface area (Å²) in [5, 5.41) is 32.9. The summed E-state index contributed by atoms with van der Waals surface area (Å²) in [7, 11) is 0. The fourth-order valence-electron chi connectivity index (χ4n) is 4.25. The largest absolute Gasteiger partial charge is 0.507 e. The first-order valence-corrected chi connectivity index (χ1v) is 14.9. The summed E-state index contributed by atoms with van der Waals surface area (Å²) >= 11 is 0. The molecule has 3 N–H and O–H groups in total. The van der Waals surface area contributed by atoms with Gasteiger partial charge < -0.3 is 39.0 Å². The molecule has 0 saturated heterocycles. The van der Waals surface area contributed by atoms with Gasteiger partial charge in [0, 0.05) is 18.2 Å². The number of hydrogen-bond acceptors (Lipinski definition) is 13. The number of phenolic OH excluding ortho intramolecular Hbond substituents is 3. The molecule has 0 bridgehead atoms. The number of rotatable bonds is 16. The van der Waals surface area contributed by atoms with Gasteiger partial charge in [0.25, 0.3) is 0 Å². The molecule has 1 aromatic heterocycles. The number of hydrogen-bond donors (Lipinski definition) is 3. The van der Waals surface area contributed by atoms with E-state index in [0.717, 1.165) is 0 Å². The Labute approximate surface area is 282 Å². The van der Waals surface area contributed by atoms with Gasteiger partial charge in [0.15, 0.2) is 29.7 Å². The van der Waals surface area contributed by atoms with Gasteiger partial charge in [0.2, 0.25) is 0 Å². The van der Waals surface area contributed by atoms with Crippen LogP contribution in [0.1, 0.15) is 13.8 Å². The van der Waals surface area contributed by atoms with Crippen LogP contribution < -0.4 is 14.2 Å². The zero-order valence-electron chi connectivity index (χ0n) is 26.9. The second-order valence-electron chi connectivity index (χ2n) is 10.3. The smallest absolute Gasteiger partial charge is 0.347 e. The highest BCUT2D eigenvalue weighted by molar-refractivity contribution is 5.77. The molecule has 3 aromatic carbocycles. The van der Waals surface area contributed by atoms with Crippen LogP contribution in [0.2, 0.25) is 0 Å². The maximum absolute atomic E-state index is 12.1. The maximum atomic E-state index is 12.1. The van der Waals surface area contributed by atoms with E-state index in [2.05, 4.69) is 34.7 Å². The van der Waals surface area contributed by atoms with Crippen LogP contribution in [0.4, 0.5) is 0 Å². The molecule has 49 heavy (non-hydrogen) atoms. The molecule has 1 heterocycles. The molecular formula is C36H35N3O10. The van der Waals surface area contributed by atoms with Crippen LogP contribution in [-0.4, -0.2) is 74.2 Å². The van der Waals surface area contributed by atoms with Crippen molar-refractivity contribution in [3.05, 3.63) is 92.6 Å². The molecule has 254 valence electrons.